The van der Waals surface area contributed by atoms with Crippen molar-refractivity contribution in [3.8, 4) is 5.75 Å². The molecule has 166 valence electrons. The van der Waals surface area contributed by atoms with Crippen LogP contribution in [0.3, 0.4) is 0 Å². The number of hydrogen-bond acceptors (Lipinski definition) is 8. The van der Waals surface area contributed by atoms with Gasteiger partial charge in [-0.05, 0) is 11.6 Å². The fraction of sp³-hybridized carbons (Fsp3) is 0.304. The summed E-state index contributed by atoms with van der Waals surface area (Å²) in [6.07, 6.45) is 1.37. The molecule has 2 heterocycles. The molecule has 0 radical (unpaired) electrons. The van der Waals surface area contributed by atoms with Crippen molar-refractivity contribution in [3.05, 3.63) is 82.2 Å². The SMILES string of the molecule is CN(Cc1ccccc1O)c1ncnc(N2CCN(Cc3ccccc3)CC2)c1[N+](=O)[O-]. The van der Waals surface area contributed by atoms with Crippen LogP contribution in [0, 0.1) is 10.1 Å². The molecule has 2 aromatic carbocycles. The zero-order chi connectivity index (χ0) is 22.5. The van der Waals surface area contributed by atoms with Crippen molar-refractivity contribution in [1.82, 2.24) is 14.9 Å². The van der Waals surface area contributed by atoms with Gasteiger partial charge < -0.3 is 14.9 Å². The lowest BCUT2D eigenvalue weighted by atomic mass is 10.2. The number of nitrogens with zero attached hydrogens (tertiary/aromatic N) is 6. The van der Waals surface area contributed by atoms with Gasteiger partial charge in [0.15, 0.2) is 0 Å². The molecule has 3 aromatic rings. The van der Waals surface area contributed by atoms with E-state index in [0.29, 0.717) is 24.5 Å². The van der Waals surface area contributed by atoms with Crippen molar-refractivity contribution >= 4 is 17.3 Å². The fourth-order valence-electron chi connectivity index (χ4n) is 3.97. The first-order valence-electron chi connectivity index (χ1n) is 10.5. The molecule has 1 N–H and O–H groups in total. The molecule has 9 nitrogen and oxygen atoms in total. The molecule has 0 aliphatic carbocycles. The fourth-order valence-corrected chi connectivity index (χ4v) is 3.97. The van der Waals surface area contributed by atoms with E-state index in [0.717, 1.165) is 19.6 Å². The van der Waals surface area contributed by atoms with E-state index in [4.69, 9.17) is 0 Å². The number of aromatic nitrogens is 2. The number of phenolic OH excluding ortho intramolecular Hbond substituents is 1. The van der Waals surface area contributed by atoms with Gasteiger partial charge in [-0.15, -0.1) is 0 Å². The van der Waals surface area contributed by atoms with Crippen LogP contribution in [0.25, 0.3) is 0 Å². The molecule has 1 saturated heterocycles. The third kappa shape index (κ3) is 4.78. The molecule has 1 aliphatic heterocycles. The van der Waals surface area contributed by atoms with Crippen molar-refractivity contribution in [2.75, 3.05) is 43.0 Å². The zero-order valence-corrected chi connectivity index (χ0v) is 18.0. The van der Waals surface area contributed by atoms with Crippen LogP contribution in [0.4, 0.5) is 17.3 Å². The first kappa shape index (κ1) is 21.5. The number of para-hydroxylation sites is 1. The molecule has 0 spiro atoms. The van der Waals surface area contributed by atoms with Gasteiger partial charge in [0, 0.05) is 51.9 Å². The van der Waals surface area contributed by atoms with E-state index in [1.807, 2.05) is 29.2 Å². The normalized spacial score (nSPS) is 14.3. The minimum Gasteiger partial charge on any atom is -0.508 e. The highest BCUT2D eigenvalue weighted by molar-refractivity contribution is 5.71. The number of piperazine rings is 1. The minimum atomic E-state index is -0.414. The van der Waals surface area contributed by atoms with E-state index in [1.165, 1.54) is 11.9 Å². The Kier molecular flexibility index (Phi) is 6.46. The number of nitro groups is 1. The van der Waals surface area contributed by atoms with Gasteiger partial charge >= 0.3 is 5.69 Å². The van der Waals surface area contributed by atoms with E-state index in [9.17, 15) is 15.2 Å². The Balaban J connectivity index is 1.51. The Hall–Kier alpha value is -3.72. The molecular weight excluding hydrogens is 408 g/mol. The maximum Gasteiger partial charge on any atom is 0.353 e. The second-order valence-electron chi connectivity index (χ2n) is 7.86. The standard InChI is InChI=1S/C23H26N6O3/c1-26(16-19-9-5-6-10-20(19)30)22-21(29(31)32)23(25-17-24-22)28-13-11-27(12-14-28)15-18-7-3-2-4-8-18/h2-10,17,30H,11-16H2,1H3. The molecule has 1 aromatic heterocycles. The van der Waals surface area contributed by atoms with Gasteiger partial charge in [-0.1, -0.05) is 48.5 Å². The smallest absolute Gasteiger partial charge is 0.353 e. The van der Waals surface area contributed by atoms with Gasteiger partial charge in [-0.25, -0.2) is 9.97 Å². The van der Waals surface area contributed by atoms with Gasteiger partial charge in [0.2, 0.25) is 11.6 Å². The number of rotatable bonds is 7. The molecule has 0 saturated carbocycles. The van der Waals surface area contributed by atoms with Crippen LogP contribution >= 0.6 is 0 Å². The van der Waals surface area contributed by atoms with Crippen LogP contribution in [-0.4, -0.2) is 58.1 Å². The number of anilines is 2. The summed E-state index contributed by atoms with van der Waals surface area (Å²) in [4.78, 5) is 26.1. The van der Waals surface area contributed by atoms with Crippen molar-refractivity contribution in [3.63, 3.8) is 0 Å². The monoisotopic (exact) mass is 434 g/mol. The topological polar surface area (TPSA) is 98.9 Å². The average Bonchev–Trinajstić information content (AvgIpc) is 2.81. The van der Waals surface area contributed by atoms with Crippen LogP contribution in [0.1, 0.15) is 11.1 Å². The Morgan fingerprint density at radius 2 is 1.72 bits per heavy atom. The molecule has 0 atom stereocenters. The van der Waals surface area contributed by atoms with E-state index in [2.05, 4.69) is 27.0 Å². The summed E-state index contributed by atoms with van der Waals surface area (Å²) in [5, 5.41) is 22.1. The summed E-state index contributed by atoms with van der Waals surface area (Å²) in [5.74, 6) is 0.712. The van der Waals surface area contributed by atoms with Gasteiger partial charge in [0.25, 0.3) is 0 Å². The molecule has 4 rings (SSSR count). The first-order valence-corrected chi connectivity index (χ1v) is 10.5. The van der Waals surface area contributed by atoms with Crippen molar-refractivity contribution in [1.29, 1.82) is 0 Å². The minimum absolute atomic E-state index is 0.109. The lowest BCUT2D eigenvalue weighted by molar-refractivity contribution is -0.383. The highest BCUT2D eigenvalue weighted by Gasteiger charge is 2.31. The number of benzene rings is 2. The van der Waals surface area contributed by atoms with Crippen molar-refractivity contribution < 1.29 is 10.0 Å². The highest BCUT2D eigenvalue weighted by atomic mass is 16.6. The predicted octanol–water partition coefficient (Wildman–Crippen LogP) is 3.05. The van der Waals surface area contributed by atoms with Crippen LogP contribution in [0.5, 0.6) is 5.75 Å². The van der Waals surface area contributed by atoms with Gasteiger partial charge in [-0.3, -0.25) is 15.0 Å². The van der Waals surface area contributed by atoms with Crippen LogP contribution in [0.2, 0.25) is 0 Å². The summed E-state index contributed by atoms with van der Waals surface area (Å²) in [7, 11) is 1.73. The molecule has 0 bridgehead atoms. The molecule has 0 amide bonds. The van der Waals surface area contributed by atoms with Crippen molar-refractivity contribution in [2.45, 2.75) is 13.1 Å². The second-order valence-corrected chi connectivity index (χ2v) is 7.86. The van der Waals surface area contributed by atoms with Gasteiger partial charge in [0.05, 0.1) is 4.92 Å². The lowest BCUT2D eigenvalue weighted by Gasteiger charge is -2.35. The zero-order valence-electron chi connectivity index (χ0n) is 18.0. The van der Waals surface area contributed by atoms with Crippen LogP contribution in [0.15, 0.2) is 60.9 Å². The molecular formula is C23H26N6O3. The molecule has 1 aliphatic rings. The third-order valence-electron chi connectivity index (χ3n) is 5.65. The maximum absolute atomic E-state index is 12.0. The molecule has 0 unspecified atom stereocenters. The quantitative estimate of drug-likeness (QED) is 0.448. The lowest BCUT2D eigenvalue weighted by Crippen LogP contribution is -2.46. The summed E-state index contributed by atoms with van der Waals surface area (Å²) < 4.78 is 0. The van der Waals surface area contributed by atoms with Crippen LogP contribution < -0.4 is 9.80 Å². The Labute approximate surface area is 186 Å². The summed E-state index contributed by atoms with van der Waals surface area (Å²) in [5.41, 5.74) is 1.81. The van der Waals surface area contributed by atoms with E-state index in [-0.39, 0.29) is 23.8 Å². The largest absolute Gasteiger partial charge is 0.508 e. The molecule has 1 fully saturated rings. The Morgan fingerprint density at radius 3 is 2.41 bits per heavy atom. The van der Waals surface area contributed by atoms with E-state index >= 15 is 0 Å². The summed E-state index contributed by atoms with van der Waals surface area (Å²) >= 11 is 0. The third-order valence-corrected chi connectivity index (χ3v) is 5.65. The summed E-state index contributed by atoms with van der Waals surface area (Å²) in [6, 6.07) is 17.2. The molecule has 32 heavy (non-hydrogen) atoms. The van der Waals surface area contributed by atoms with Crippen LogP contribution in [-0.2, 0) is 13.1 Å². The summed E-state index contributed by atoms with van der Waals surface area (Å²) in [6.45, 7) is 4.02. The highest BCUT2D eigenvalue weighted by Crippen LogP contribution is 2.35. The number of hydrogen-bond donors (Lipinski definition) is 1. The van der Waals surface area contributed by atoms with E-state index in [1.54, 1.807) is 30.1 Å². The van der Waals surface area contributed by atoms with Gasteiger partial charge in [0.1, 0.15) is 12.1 Å². The van der Waals surface area contributed by atoms with E-state index < -0.39 is 4.92 Å². The predicted molar refractivity (Wildman–Crippen MR) is 123 cm³/mol. The molecule has 9 heteroatoms. The Morgan fingerprint density at radius 1 is 1.03 bits per heavy atom. The van der Waals surface area contributed by atoms with Crippen molar-refractivity contribution in [2.24, 2.45) is 0 Å². The second kappa shape index (κ2) is 9.61. The maximum atomic E-state index is 12.0. The van der Waals surface area contributed by atoms with Gasteiger partial charge in [-0.2, -0.15) is 0 Å². The number of aromatic hydroxyl groups is 1. The Bertz CT molecular complexity index is 1070. The first-order chi connectivity index (χ1) is 15.5. The average molecular weight is 435 g/mol. The number of phenols is 1.